The summed E-state index contributed by atoms with van der Waals surface area (Å²) in [6, 6.07) is 4.46. The molecule has 0 spiro atoms. The molecular weight excluding hydrogens is 281 g/mol. The number of rotatable bonds is 5. The standard InChI is InChI=1S/C14H21Cl2N3/c1-3-19(4-2)12-7-8-18(10-12)9-11-5-6-13(15)17-14(11)16/h5-6,12H,3-4,7-10H2,1-2H3. The lowest BCUT2D eigenvalue weighted by Gasteiger charge is -2.26. The smallest absolute Gasteiger partial charge is 0.135 e. The van der Waals surface area contributed by atoms with E-state index in [4.69, 9.17) is 23.2 Å². The normalized spacial score (nSPS) is 20.4. The van der Waals surface area contributed by atoms with Crippen LogP contribution in [-0.4, -0.2) is 47.0 Å². The van der Waals surface area contributed by atoms with Crippen molar-refractivity contribution in [2.24, 2.45) is 0 Å². The highest BCUT2D eigenvalue weighted by Crippen LogP contribution is 2.22. The number of nitrogens with zero attached hydrogens (tertiary/aromatic N) is 3. The summed E-state index contributed by atoms with van der Waals surface area (Å²) in [4.78, 5) is 9.07. The lowest BCUT2D eigenvalue weighted by atomic mass is 10.2. The SMILES string of the molecule is CCN(CC)C1CCN(Cc2ccc(Cl)nc2Cl)C1. The van der Waals surface area contributed by atoms with Crippen molar-refractivity contribution in [2.45, 2.75) is 32.9 Å². The van der Waals surface area contributed by atoms with Gasteiger partial charge >= 0.3 is 0 Å². The van der Waals surface area contributed by atoms with E-state index in [0.717, 1.165) is 38.3 Å². The van der Waals surface area contributed by atoms with Crippen molar-refractivity contribution in [3.05, 3.63) is 28.0 Å². The first-order valence-electron chi connectivity index (χ1n) is 6.91. The summed E-state index contributed by atoms with van der Waals surface area (Å²) in [5.74, 6) is 0. The fraction of sp³-hybridized carbons (Fsp3) is 0.643. The second-order valence-corrected chi connectivity index (χ2v) is 5.73. The van der Waals surface area contributed by atoms with Gasteiger partial charge in [-0.2, -0.15) is 0 Å². The summed E-state index contributed by atoms with van der Waals surface area (Å²) < 4.78 is 0. The van der Waals surface area contributed by atoms with E-state index in [2.05, 4.69) is 28.6 Å². The van der Waals surface area contributed by atoms with Crippen molar-refractivity contribution < 1.29 is 0 Å². The van der Waals surface area contributed by atoms with Crippen LogP contribution in [0.4, 0.5) is 0 Å². The Hall–Kier alpha value is -0.350. The van der Waals surface area contributed by atoms with Gasteiger partial charge in [0.25, 0.3) is 0 Å². The summed E-state index contributed by atoms with van der Waals surface area (Å²) in [6.07, 6.45) is 1.24. The maximum atomic E-state index is 6.13. The van der Waals surface area contributed by atoms with Gasteiger partial charge in [-0.15, -0.1) is 0 Å². The Kier molecular flexibility index (Phi) is 5.46. The monoisotopic (exact) mass is 301 g/mol. The molecule has 5 heteroatoms. The van der Waals surface area contributed by atoms with E-state index >= 15 is 0 Å². The van der Waals surface area contributed by atoms with Gasteiger partial charge in [0.05, 0.1) is 0 Å². The molecule has 19 heavy (non-hydrogen) atoms. The molecule has 1 saturated heterocycles. The molecule has 1 unspecified atom stereocenters. The predicted octanol–water partition coefficient (Wildman–Crippen LogP) is 3.30. The quantitative estimate of drug-likeness (QED) is 0.778. The van der Waals surface area contributed by atoms with Crippen LogP contribution >= 0.6 is 23.2 Å². The molecular formula is C14H21Cl2N3. The van der Waals surface area contributed by atoms with E-state index in [1.807, 2.05) is 6.07 Å². The number of hydrogen-bond acceptors (Lipinski definition) is 3. The lowest BCUT2D eigenvalue weighted by molar-refractivity contribution is 0.209. The lowest BCUT2D eigenvalue weighted by Crippen LogP contribution is -2.37. The average Bonchev–Trinajstić information content (AvgIpc) is 2.83. The van der Waals surface area contributed by atoms with Crippen LogP contribution in [0.25, 0.3) is 0 Å². The molecule has 0 bridgehead atoms. The highest BCUT2D eigenvalue weighted by atomic mass is 35.5. The van der Waals surface area contributed by atoms with E-state index < -0.39 is 0 Å². The zero-order valence-corrected chi connectivity index (χ0v) is 13.1. The third-order valence-electron chi connectivity index (χ3n) is 3.86. The van der Waals surface area contributed by atoms with Gasteiger partial charge < -0.3 is 0 Å². The van der Waals surface area contributed by atoms with Crippen LogP contribution in [0.1, 0.15) is 25.8 Å². The fourth-order valence-electron chi connectivity index (χ4n) is 2.79. The molecule has 1 aliphatic heterocycles. The Morgan fingerprint density at radius 2 is 2.05 bits per heavy atom. The molecule has 106 valence electrons. The van der Waals surface area contributed by atoms with Crippen LogP contribution in [0, 0.1) is 0 Å². The number of likely N-dealkylation sites (tertiary alicyclic amines) is 1. The number of halogens is 2. The topological polar surface area (TPSA) is 19.4 Å². The van der Waals surface area contributed by atoms with Crippen molar-refractivity contribution in [1.29, 1.82) is 0 Å². The third-order valence-corrected chi connectivity index (χ3v) is 4.40. The minimum Gasteiger partial charge on any atom is -0.300 e. The van der Waals surface area contributed by atoms with E-state index in [9.17, 15) is 0 Å². The summed E-state index contributed by atoms with van der Waals surface area (Å²) in [6.45, 7) is 9.80. The van der Waals surface area contributed by atoms with Crippen LogP contribution in [-0.2, 0) is 6.54 Å². The molecule has 0 radical (unpaired) electrons. The van der Waals surface area contributed by atoms with Gasteiger partial charge in [-0.3, -0.25) is 9.80 Å². The Morgan fingerprint density at radius 1 is 1.32 bits per heavy atom. The molecule has 3 nitrogen and oxygen atoms in total. The van der Waals surface area contributed by atoms with Crippen molar-refractivity contribution >= 4 is 23.2 Å². The summed E-state index contributed by atoms with van der Waals surface area (Å²) in [7, 11) is 0. The Bertz CT molecular complexity index is 421. The molecule has 0 aromatic carbocycles. The maximum absolute atomic E-state index is 6.13. The molecule has 0 amide bonds. The van der Waals surface area contributed by atoms with Crippen LogP contribution in [0.15, 0.2) is 12.1 Å². The minimum atomic E-state index is 0.455. The highest BCUT2D eigenvalue weighted by Gasteiger charge is 2.26. The van der Waals surface area contributed by atoms with E-state index in [1.54, 1.807) is 6.07 Å². The minimum absolute atomic E-state index is 0.455. The van der Waals surface area contributed by atoms with Crippen LogP contribution in [0.5, 0.6) is 0 Å². The van der Waals surface area contributed by atoms with E-state index in [0.29, 0.717) is 16.3 Å². The molecule has 0 N–H and O–H groups in total. The molecule has 0 aliphatic carbocycles. The van der Waals surface area contributed by atoms with Crippen molar-refractivity contribution in [2.75, 3.05) is 26.2 Å². The Balaban J connectivity index is 1.94. The van der Waals surface area contributed by atoms with Gasteiger partial charge in [0, 0.05) is 31.2 Å². The Labute approximate surface area is 125 Å². The summed E-state index contributed by atoms with van der Waals surface area (Å²) >= 11 is 11.9. The maximum Gasteiger partial charge on any atom is 0.135 e. The second-order valence-electron chi connectivity index (χ2n) is 4.98. The predicted molar refractivity (Wildman–Crippen MR) is 80.9 cm³/mol. The molecule has 1 aromatic heterocycles. The molecule has 1 atom stereocenters. The molecule has 2 rings (SSSR count). The fourth-order valence-corrected chi connectivity index (χ4v) is 3.20. The Morgan fingerprint density at radius 3 is 2.68 bits per heavy atom. The van der Waals surface area contributed by atoms with Gasteiger partial charge in [0.15, 0.2) is 0 Å². The molecule has 1 aromatic rings. The van der Waals surface area contributed by atoms with Crippen LogP contribution in [0.3, 0.4) is 0 Å². The molecule has 1 fully saturated rings. The second kappa shape index (κ2) is 6.89. The summed E-state index contributed by atoms with van der Waals surface area (Å²) in [5.41, 5.74) is 1.06. The first-order chi connectivity index (χ1) is 9.13. The first-order valence-corrected chi connectivity index (χ1v) is 7.67. The van der Waals surface area contributed by atoms with Crippen molar-refractivity contribution in [1.82, 2.24) is 14.8 Å². The molecule has 2 heterocycles. The van der Waals surface area contributed by atoms with Crippen LogP contribution in [0.2, 0.25) is 10.3 Å². The van der Waals surface area contributed by atoms with Gasteiger partial charge in [-0.1, -0.05) is 43.1 Å². The van der Waals surface area contributed by atoms with Crippen molar-refractivity contribution in [3.8, 4) is 0 Å². The van der Waals surface area contributed by atoms with E-state index in [-0.39, 0.29) is 0 Å². The van der Waals surface area contributed by atoms with Gasteiger partial charge in [-0.25, -0.2) is 4.98 Å². The number of hydrogen-bond donors (Lipinski definition) is 0. The number of aromatic nitrogens is 1. The largest absolute Gasteiger partial charge is 0.300 e. The van der Waals surface area contributed by atoms with Gasteiger partial charge in [0.2, 0.25) is 0 Å². The molecule has 1 aliphatic rings. The molecule has 0 saturated carbocycles. The number of pyridine rings is 1. The highest BCUT2D eigenvalue weighted by molar-refractivity contribution is 6.32. The van der Waals surface area contributed by atoms with Gasteiger partial charge in [0.1, 0.15) is 10.3 Å². The average molecular weight is 302 g/mol. The third kappa shape index (κ3) is 3.82. The number of likely N-dealkylation sites (N-methyl/N-ethyl adjacent to an activating group) is 1. The zero-order chi connectivity index (χ0) is 13.8. The first kappa shape index (κ1) is 15.0. The van der Waals surface area contributed by atoms with E-state index in [1.165, 1.54) is 6.42 Å². The van der Waals surface area contributed by atoms with Gasteiger partial charge in [-0.05, 0) is 25.6 Å². The van der Waals surface area contributed by atoms with Crippen molar-refractivity contribution in [3.63, 3.8) is 0 Å². The van der Waals surface area contributed by atoms with Crippen LogP contribution < -0.4 is 0 Å². The zero-order valence-electron chi connectivity index (χ0n) is 11.6. The summed E-state index contributed by atoms with van der Waals surface area (Å²) in [5, 5.41) is 0.981.